The zero-order valence-corrected chi connectivity index (χ0v) is 20.5. The maximum absolute atomic E-state index is 5.52. The van der Waals surface area contributed by atoms with Crippen molar-refractivity contribution in [2.75, 3.05) is 6.54 Å². The molecule has 0 rings (SSSR count). The lowest BCUT2D eigenvalue weighted by atomic mass is 10.0. The predicted octanol–water partition coefficient (Wildman–Crippen LogP) is 9.75. The first-order valence-corrected chi connectivity index (χ1v) is 13.1. The van der Waals surface area contributed by atoms with E-state index in [2.05, 4.69) is 6.92 Å². The maximum atomic E-state index is 5.52. The minimum atomic E-state index is 0. The summed E-state index contributed by atoms with van der Waals surface area (Å²) >= 11 is 0. The molecular weight excluding hydrogens is 362 g/mol. The summed E-state index contributed by atoms with van der Waals surface area (Å²) < 4.78 is 0. The number of hydrogen-bond acceptors (Lipinski definition) is 1. The Morgan fingerprint density at radius 2 is 0.500 bits per heavy atom. The topological polar surface area (TPSA) is 26.0 Å². The molecule has 0 fully saturated rings. The van der Waals surface area contributed by atoms with Crippen LogP contribution in [0.1, 0.15) is 161 Å². The van der Waals surface area contributed by atoms with Gasteiger partial charge in [-0.2, -0.15) is 0 Å². The summed E-state index contributed by atoms with van der Waals surface area (Å²) in [5.41, 5.74) is 5.52. The molecule has 0 aromatic heterocycles. The summed E-state index contributed by atoms with van der Waals surface area (Å²) in [6.07, 6.45) is 34.8. The van der Waals surface area contributed by atoms with E-state index in [0.717, 1.165) is 6.54 Å². The first kappa shape index (κ1) is 30.4. The van der Waals surface area contributed by atoms with Crippen molar-refractivity contribution in [2.24, 2.45) is 5.73 Å². The average molecular weight is 418 g/mol. The van der Waals surface area contributed by atoms with E-state index >= 15 is 0 Å². The van der Waals surface area contributed by atoms with Crippen LogP contribution in [0.4, 0.5) is 0 Å². The average Bonchev–Trinajstić information content (AvgIpc) is 2.68. The van der Waals surface area contributed by atoms with Crippen molar-refractivity contribution in [1.82, 2.24) is 0 Å². The van der Waals surface area contributed by atoms with E-state index in [1.807, 2.05) is 0 Å². The highest BCUT2D eigenvalue weighted by Gasteiger charge is 1.95. The first-order valence-electron chi connectivity index (χ1n) is 13.1. The molecule has 2 heteroatoms. The van der Waals surface area contributed by atoms with Crippen molar-refractivity contribution in [2.45, 2.75) is 161 Å². The second kappa shape index (κ2) is 29.5. The van der Waals surface area contributed by atoms with Crippen molar-refractivity contribution in [3.63, 3.8) is 0 Å². The number of rotatable bonds is 24. The Kier molecular flexibility index (Phi) is 32.0. The molecule has 0 aromatic rings. The number of halogens is 1. The molecule has 0 heterocycles. The third kappa shape index (κ3) is 28.5. The van der Waals surface area contributed by atoms with Crippen LogP contribution in [-0.4, -0.2) is 6.54 Å². The van der Waals surface area contributed by atoms with E-state index in [1.165, 1.54) is 154 Å². The van der Waals surface area contributed by atoms with Crippen molar-refractivity contribution < 1.29 is 0 Å². The maximum Gasteiger partial charge on any atom is -0.00773 e. The molecule has 2 N–H and O–H groups in total. The van der Waals surface area contributed by atoms with Gasteiger partial charge in [-0.15, -0.1) is 12.4 Å². The summed E-state index contributed by atoms with van der Waals surface area (Å²) in [5.74, 6) is 0. The number of nitrogens with two attached hydrogens (primary N) is 1. The zero-order chi connectivity index (χ0) is 19.7. The summed E-state index contributed by atoms with van der Waals surface area (Å²) in [6.45, 7) is 3.18. The SMILES string of the molecule is CCCCCCCCCCCCCCCCCCCCCCCCCCN.Cl. The van der Waals surface area contributed by atoms with Crippen molar-refractivity contribution >= 4 is 12.4 Å². The van der Waals surface area contributed by atoms with Gasteiger partial charge in [-0.25, -0.2) is 0 Å². The monoisotopic (exact) mass is 417 g/mol. The van der Waals surface area contributed by atoms with Gasteiger partial charge in [-0.1, -0.05) is 155 Å². The molecular formula is C26H56ClN. The Morgan fingerprint density at radius 3 is 0.679 bits per heavy atom. The van der Waals surface area contributed by atoms with Gasteiger partial charge in [0, 0.05) is 0 Å². The lowest BCUT2D eigenvalue weighted by molar-refractivity contribution is 0.517. The van der Waals surface area contributed by atoms with Gasteiger partial charge in [-0.05, 0) is 13.0 Å². The fourth-order valence-corrected chi connectivity index (χ4v) is 4.11. The Labute approximate surface area is 185 Å². The second-order valence-corrected chi connectivity index (χ2v) is 8.92. The van der Waals surface area contributed by atoms with Crippen LogP contribution in [0.2, 0.25) is 0 Å². The van der Waals surface area contributed by atoms with E-state index in [9.17, 15) is 0 Å². The lowest BCUT2D eigenvalue weighted by Crippen LogP contribution is -1.97. The van der Waals surface area contributed by atoms with E-state index in [0.29, 0.717) is 0 Å². The highest BCUT2D eigenvalue weighted by molar-refractivity contribution is 5.85. The zero-order valence-electron chi connectivity index (χ0n) is 19.7. The van der Waals surface area contributed by atoms with Gasteiger partial charge < -0.3 is 5.73 Å². The van der Waals surface area contributed by atoms with E-state index in [4.69, 9.17) is 5.73 Å². The number of hydrogen-bond donors (Lipinski definition) is 1. The minimum absolute atomic E-state index is 0. The summed E-state index contributed by atoms with van der Waals surface area (Å²) in [6, 6.07) is 0. The molecule has 0 unspecified atom stereocenters. The summed E-state index contributed by atoms with van der Waals surface area (Å²) in [4.78, 5) is 0. The minimum Gasteiger partial charge on any atom is -0.330 e. The first-order chi connectivity index (χ1) is 13.4. The molecule has 0 atom stereocenters. The molecule has 0 aliphatic heterocycles. The van der Waals surface area contributed by atoms with Crippen LogP contribution in [0.25, 0.3) is 0 Å². The van der Waals surface area contributed by atoms with Crippen molar-refractivity contribution in [1.29, 1.82) is 0 Å². The van der Waals surface area contributed by atoms with Crippen LogP contribution in [-0.2, 0) is 0 Å². The molecule has 0 aliphatic carbocycles. The van der Waals surface area contributed by atoms with Gasteiger partial charge in [0.1, 0.15) is 0 Å². The second-order valence-electron chi connectivity index (χ2n) is 8.92. The fraction of sp³-hybridized carbons (Fsp3) is 1.00. The Bertz CT molecular complexity index is 221. The van der Waals surface area contributed by atoms with Gasteiger partial charge in [0.15, 0.2) is 0 Å². The molecule has 0 spiro atoms. The van der Waals surface area contributed by atoms with Crippen molar-refractivity contribution in [3.05, 3.63) is 0 Å². The molecule has 172 valence electrons. The molecule has 0 saturated heterocycles. The predicted molar refractivity (Wildman–Crippen MR) is 133 cm³/mol. The van der Waals surface area contributed by atoms with Gasteiger partial charge >= 0.3 is 0 Å². The van der Waals surface area contributed by atoms with Crippen LogP contribution in [0, 0.1) is 0 Å². The van der Waals surface area contributed by atoms with Gasteiger partial charge in [0.2, 0.25) is 0 Å². The molecule has 28 heavy (non-hydrogen) atoms. The third-order valence-electron chi connectivity index (χ3n) is 6.06. The Morgan fingerprint density at radius 1 is 0.321 bits per heavy atom. The van der Waals surface area contributed by atoms with E-state index in [-0.39, 0.29) is 12.4 Å². The largest absolute Gasteiger partial charge is 0.330 e. The molecule has 0 aromatic carbocycles. The Hall–Kier alpha value is 0.250. The summed E-state index contributed by atoms with van der Waals surface area (Å²) in [7, 11) is 0. The third-order valence-corrected chi connectivity index (χ3v) is 6.06. The van der Waals surface area contributed by atoms with Gasteiger partial charge in [0.05, 0.1) is 0 Å². The van der Waals surface area contributed by atoms with E-state index < -0.39 is 0 Å². The van der Waals surface area contributed by atoms with Crippen LogP contribution < -0.4 is 5.73 Å². The molecule has 1 nitrogen and oxygen atoms in total. The quantitative estimate of drug-likeness (QED) is 0.155. The molecule has 0 radical (unpaired) electrons. The number of unbranched alkanes of at least 4 members (excludes halogenated alkanes) is 23. The molecule has 0 bridgehead atoms. The molecule has 0 aliphatic rings. The van der Waals surface area contributed by atoms with Gasteiger partial charge in [0.25, 0.3) is 0 Å². The van der Waals surface area contributed by atoms with Crippen LogP contribution >= 0.6 is 12.4 Å². The highest BCUT2D eigenvalue weighted by Crippen LogP contribution is 2.15. The van der Waals surface area contributed by atoms with Crippen LogP contribution in [0.5, 0.6) is 0 Å². The summed E-state index contributed by atoms with van der Waals surface area (Å²) in [5, 5.41) is 0. The van der Waals surface area contributed by atoms with Crippen LogP contribution in [0.15, 0.2) is 0 Å². The van der Waals surface area contributed by atoms with E-state index in [1.54, 1.807) is 0 Å². The molecule has 0 saturated carbocycles. The smallest absolute Gasteiger partial charge is 0.00773 e. The lowest BCUT2D eigenvalue weighted by Gasteiger charge is -2.04. The normalized spacial score (nSPS) is 10.9. The van der Waals surface area contributed by atoms with Crippen molar-refractivity contribution in [3.8, 4) is 0 Å². The fourth-order valence-electron chi connectivity index (χ4n) is 4.11. The molecule has 0 amide bonds. The Balaban J connectivity index is 0. The standard InChI is InChI=1S/C26H55N.ClH/c1-2-3-4-5-6-7-8-9-10-11-12-13-14-15-16-17-18-19-20-21-22-23-24-25-26-27;/h2-27H2,1H3;1H. The van der Waals surface area contributed by atoms with Crippen LogP contribution in [0.3, 0.4) is 0 Å². The highest BCUT2D eigenvalue weighted by atomic mass is 35.5. The van der Waals surface area contributed by atoms with Gasteiger partial charge in [-0.3, -0.25) is 0 Å².